The molecule has 0 saturated heterocycles. The molecule has 6 nitrogen and oxygen atoms in total. The Morgan fingerprint density at radius 3 is 2.64 bits per heavy atom. The van der Waals surface area contributed by atoms with Crippen molar-refractivity contribution >= 4 is 5.96 Å². The maximum atomic E-state index is 5.92. The van der Waals surface area contributed by atoms with E-state index in [4.69, 9.17) is 5.73 Å². The normalized spacial score (nSPS) is 11.7. The summed E-state index contributed by atoms with van der Waals surface area (Å²) >= 11 is 0. The van der Waals surface area contributed by atoms with Gasteiger partial charge < -0.3 is 11.1 Å². The molecule has 2 heterocycles. The highest BCUT2D eigenvalue weighted by Gasteiger charge is 2.02. The van der Waals surface area contributed by atoms with E-state index >= 15 is 0 Å². The van der Waals surface area contributed by atoms with E-state index in [0.717, 1.165) is 30.2 Å². The molecular weight excluding hydrogens is 312 g/mol. The van der Waals surface area contributed by atoms with Crippen LogP contribution in [0.1, 0.15) is 56.8 Å². The zero-order valence-corrected chi connectivity index (χ0v) is 15.4. The number of rotatable bonds is 10. The van der Waals surface area contributed by atoms with Crippen LogP contribution in [0, 0.1) is 6.92 Å². The summed E-state index contributed by atoms with van der Waals surface area (Å²) in [7, 11) is 0. The zero-order chi connectivity index (χ0) is 17.9. The molecule has 2 aromatic rings. The van der Waals surface area contributed by atoms with Crippen LogP contribution < -0.4 is 11.1 Å². The Labute approximate surface area is 150 Å². The molecule has 0 aliphatic heterocycles. The summed E-state index contributed by atoms with van der Waals surface area (Å²) in [6.07, 6.45) is 13.2. The summed E-state index contributed by atoms with van der Waals surface area (Å²) < 4.78 is 1.95. The number of unbranched alkanes of at least 4 members (excludes halogenated alkanes) is 5. The standard InChI is InChI=1S/C19H30N6/c1-3-4-5-6-7-8-11-22-19(20)24-15-17-9-10-18(23-14-17)25-13-12-21-16(25)2/h9-10,12-14H,3-8,11,15H2,1-2H3,(H3,20,22,24). The average molecular weight is 342 g/mol. The lowest BCUT2D eigenvalue weighted by atomic mass is 10.1. The minimum atomic E-state index is 0.503. The van der Waals surface area contributed by atoms with Gasteiger partial charge in [0.2, 0.25) is 0 Å². The van der Waals surface area contributed by atoms with E-state index in [1.165, 1.54) is 32.1 Å². The molecule has 2 aromatic heterocycles. The van der Waals surface area contributed by atoms with Gasteiger partial charge in [-0.2, -0.15) is 0 Å². The van der Waals surface area contributed by atoms with Gasteiger partial charge in [0.15, 0.2) is 5.96 Å². The monoisotopic (exact) mass is 342 g/mol. The Balaban J connectivity index is 1.71. The summed E-state index contributed by atoms with van der Waals surface area (Å²) in [4.78, 5) is 13.0. The van der Waals surface area contributed by atoms with E-state index in [2.05, 4.69) is 27.2 Å². The lowest BCUT2D eigenvalue weighted by molar-refractivity contribution is 0.601. The van der Waals surface area contributed by atoms with Gasteiger partial charge in [-0.25, -0.2) is 15.0 Å². The van der Waals surface area contributed by atoms with Crippen molar-refractivity contribution in [1.82, 2.24) is 19.9 Å². The number of imidazole rings is 1. The molecular formula is C19H30N6. The lowest BCUT2D eigenvalue weighted by Crippen LogP contribution is -2.32. The van der Waals surface area contributed by atoms with Crippen LogP contribution in [0.15, 0.2) is 35.7 Å². The van der Waals surface area contributed by atoms with Gasteiger partial charge in [0.05, 0.1) is 6.54 Å². The van der Waals surface area contributed by atoms with E-state index in [1.807, 2.05) is 36.0 Å². The quantitative estimate of drug-likeness (QED) is 0.394. The van der Waals surface area contributed by atoms with Crippen LogP contribution in [0.4, 0.5) is 0 Å². The molecule has 0 spiro atoms. The molecule has 0 fully saturated rings. The van der Waals surface area contributed by atoms with Crippen LogP contribution in [0.5, 0.6) is 0 Å². The van der Waals surface area contributed by atoms with Crippen molar-refractivity contribution in [1.29, 1.82) is 0 Å². The van der Waals surface area contributed by atoms with Gasteiger partial charge in [-0.1, -0.05) is 45.1 Å². The van der Waals surface area contributed by atoms with E-state index in [9.17, 15) is 0 Å². The van der Waals surface area contributed by atoms with Crippen molar-refractivity contribution in [2.45, 2.75) is 58.9 Å². The number of nitrogens with zero attached hydrogens (tertiary/aromatic N) is 4. The minimum absolute atomic E-state index is 0.503. The molecule has 0 atom stereocenters. The van der Waals surface area contributed by atoms with Crippen molar-refractivity contribution in [2.75, 3.05) is 6.54 Å². The number of pyridine rings is 1. The molecule has 0 amide bonds. The van der Waals surface area contributed by atoms with Gasteiger partial charge in [-0.05, 0) is 25.0 Å². The molecule has 0 aliphatic carbocycles. The van der Waals surface area contributed by atoms with Crippen LogP contribution in [0.2, 0.25) is 0 Å². The molecule has 136 valence electrons. The highest BCUT2D eigenvalue weighted by molar-refractivity contribution is 5.77. The van der Waals surface area contributed by atoms with Crippen molar-refractivity contribution in [3.8, 4) is 5.82 Å². The number of hydrogen-bond donors (Lipinski definition) is 2. The van der Waals surface area contributed by atoms with Gasteiger partial charge in [0, 0.05) is 25.1 Å². The SMILES string of the molecule is CCCCCCCCNC(N)=NCc1ccc(-n2ccnc2C)nc1. The lowest BCUT2D eigenvalue weighted by Gasteiger charge is -2.06. The third kappa shape index (κ3) is 6.57. The number of nitrogens with one attached hydrogen (secondary N) is 1. The Morgan fingerprint density at radius 2 is 1.96 bits per heavy atom. The molecule has 3 N–H and O–H groups in total. The van der Waals surface area contributed by atoms with Crippen molar-refractivity contribution < 1.29 is 0 Å². The van der Waals surface area contributed by atoms with Crippen LogP contribution in [-0.4, -0.2) is 27.0 Å². The van der Waals surface area contributed by atoms with E-state index in [-0.39, 0.29) is 0 Å². The van der Waals surface area contributed by atoms with E-state index in [1.54, 1.807) is 6.20 Å². The van der Waals surface area contributed by atoms with E-state index in [0.29, 0.717) is 12.5 Å². The highest BCUT2D eigenvalue weighted by atomic mass is 15.1. The first-order valence-corrected chi connectivity index (χ1v) is 9.19. The summed E-state index contributed by atoms with van der Waals surface area (Å²) in [6, 6.07) is 3.99. The van der Waals surface area contributed by atoms with Crippen LogP contribution in [0.25, 0.3) is 5.82 Å². The second-order valence-electron chi connectivity index (χ2n) is 6.27. The molecule has 6 heteroatoms. The average Bonchev–Trinajstić information content (AvgIpc) is 3.05. The summed E-state index contributed by atoms with van der Waals surface area (Å²) in [5.41, 5.74) is 6.95. The topological polar surface area (TPSA) is 81.1 Å². The fourth-order valence-corrected chi connectivity index (χ4v) is 2.63. The van der Waals surface area contributed by atoms with Crippen LogP contribution in [0.3, 0.4) is 0 Å². The van der Waals surface area contributed by atoms with Gasteiger partial charge in [0.1, 0.15) is 11.6 Å². The maximum Gasteiger partial charge on any atom is 0.188 e. The Morgan fingerprint density at radius 1 is 1.16 bits per heavy atom. The van der Waals surface area contributed by atoms with Gasteiger partial charge in [-0.15, -0.1) is 0 Å². The first-order valence-electron chi connectivity index (χ1n) is 9.19. The van der Waals surface area contributed by atoms with Crippen molar-refractivity contribution in [3.63, 3.8) is 0 Å². The Hall–Kier alpha value is -2.37. The molecule has 0 unspecified atom stereocenters. The second kappa shape index (κ2) is 10.5. The first-order chi connectivity index (χ1) is 12.2. The number of aliphatic imine (C=N–C) groups is 1. The molecule has 0 aliphatic rings. The summed E-state index contributed by atoms with van der Waals surface area (Å²) in [5, 5.41) is 3.18. The highest BCUT2D eigenvalue weighted by Crippen LogP contribution is 2.09. The molecule has 0 bridgehead atoms. The number of aryl methyl sites for hydroxylation is 1. The zero-order valence-electron chi connectivity index (χ0n) is 15.4. The number of hydrogen-bond acceptors (Lipinski definition) is 3. The molecule has 2 rings (SSSR count). The summed E-state index contributed by atoms with van der Waals surface area (Å²) in [5.74, 6) is 2.28. The smallest absolute Gasteiger partial charge is 0.188 e. The Kier molecular flexibility index (Phi) is 7.95. The molecule has 0 radical (unpaired) electrons. The predicted molar refractivity (Wildman–Crippen MR) is 103 cm³/mol. The number of nitrogens with two attached hydrogens (primary N) is 1. The van der Waals surface area contributed by atoms with Crippen molar-refractivity contribution in [3.05, 3.63) is 42.1 Å². The third-order valence-electron chi connectivity index (χ3n) is 4.15. The third-order valence-corrected chi connectivity index (χ3v) is 4.15. The molecule has 0 aromatic carbocycles. The van der Waals surface area contributed by atoms with Gasteiger partial charge >= 0.3 is 0 Å². The van der Waals surface area contributed by atoms with Crippen LogP contribution in [-0.2, 0) is 6.54 Å². The summed E-state index contributed by atoms with van der Waals surface area (Å²) in [6.45, 7) is 5.61. The minimum Gasteiger partial charge on any atom is -0.370 e. The number of aromatic nitrogens is 3. The van der Waals surface area contributed by atoms with Gasteiger partial charge in [0.25, 0.3) is 0 Å². The largest absolute Gasteiger partial charge is 0.370 e. The molecule has 0 saturated carbocycles. The maximum absolute atomic E-state index is 5.92. The first kappa shape index (κ1) is 19.0. The predicted octanol–water partition coefficient (Wildman–Crippen LogP) is 3.34. The van der Waals surface area contributed by atoms with Crippen molar-refractivity contribution in [2.24, 2.45) is 10.7 Å². The fraction of sp³-hybridized carbons (Fsp3) is 0.526. The number of guanidine groups is 1. The fourth-order valence-electron chi connectivity index (χ4n) is 2.63. The Bertz CT molecular complexity index is 644. The second-order valence-corrected chi connectivity index (χ2v) is 6.27. The van der Waals surface area contributed by atoms with E-state index < -0.39 is 0 Å². The van der Waals surface area contributed by atoms with Gasteiger partial charge in [-0.3, -0.25) is 4.57 Å². The van der Waals surface area contributed by atoms with Crippen LogP contribution >= 0.6 is 0 Å². The molecule has 25 heavy (non-hydrogen) atoms.